The Morgan fingerprint density at radius 3 is 2.88 bits per heavy atom. The van der Waals surface area contributed by atoms with Crippen molar-refractivity contribution in [3.63, 3.8) is 0 Å². The van der Waals surface area contributed by atoms with Gasteiger partial charge in [0.05, 0.1) is 22.9 Å². The number of benzene rings is 1. The molecule has 0 spiro atoms. The van der Waals surface area contributed by atoms with Gasteiger partial charge in [0.25, 0.3) is 5.69 Å². The number of rotatable bonds is 4. The smallest absolute Gasteiger partial charge is 0.258 e. The molecule has 0 unspecified atom stereocenters. The fourth-order valence-corrected chi connectivity index (χ4v) is 1.62. The number of alkyl halides is 1. The maximum atomic E-state index is 10.8. The van der Waals surface area contributed by atoms with E-state index in [2.05, 4.69) is 15.5 Å². The molecule has 0 aliphatic heterocycles. The second-order valence-electron chi connectivity index (χ2n) is 3.27. The maximum absolute atomic E-state index is 10.8. The van der Waals surface area contributed by atoms with Crippen LogP contribution in [-0.4, -0.2) is 25.1 Å². The van der Waals surface area contributed by atoms with E-state index in [9.17, 15) is 10.1 Å². The Bertz CT molecular complexity index is 542. The average molecular weight is 254 g/mol. The molecule has 1 aromatic heterocycles. The Morgan fingerprint density at radius 1 is 1.41 bits per heavy atom. The molecular weight excluding hydrogens is 246 g/mol. The van der Waals surface area contributed by atoms with Crippen LogP contribution in [-0.2, 0) is 12.4 Å². The molecular formula is C9H8ClN5O2. The first-order valence-corrected chi connectivity index (χ1v) is 5.29. The zero-order valence-corrected chi connectivity index (χ0v) is 9.41. The van der Waals surface area contributed by atoms with Crippen molar-refractivity contribution >= 4 is 17.3 Å². The highest BCUT2D eigenvalue weighted by Crippen LogP contribution is 2.18. The van der Waals surface area contributed by atoms with Crippen molar-refractivity contribution in [1.82, 2.24) is 20.2 Å². The molecule has 0 N–H and O–H groups in total. The molecule has 0 amide bonds. The SMILES string of the molecule is O=[N+]([O-])c1ccccc1Cn1nnnc1CCl. The maximum Gasteiger partial charge on any atom is 0.274 e. The number of hydrogen-bond acceptors (Lipinski definition) is 5. The predicted molar refractivity (Wildman–Crippen MR) is 59.6 cm³/mol. The minimum absolute atomic E-state index is 0.0449. The monoisotopic (exact) mass is 253 g/mol. The van der Waals surface area contributed by atoms with Gasteiger partial charge in [0.2, 0.25) is 0 Å². The van der Waals surface area contributed by atoms with Crippen LogP contribution in [0.15, 0.2) is 24.3 Å². The summed E-state index contributed by atoms with van der Waals surface area (Å²) in [7, 11) is 0. The van der Waals surface area contributed by atoms with Crippen molar-refractivity contribution in [3.8, 4) is 0 Å². The standard InChI is InChI=1S/C9H8ClN5O2/c10-5-9-11-12-13-14(9)6-7-3-1-2-4-8(7)15(16)17/h1-4H,5-6H2. The van der Waals surface area contributed by atoms with E-state index >= 15 is 0 Å². The van der Waals surface area contributed by atoms with E-state index in [1.54, 1.807) is 18.2 Å². The van der Waals surface area contributed by atoms with Crippen LogP contribution in [0.25, 0.3) is 0 Å². The number of para-hydroxylation sites is 1. The van der Waals surface area contributed by atoms with Gasteiger partial charge in [0, 0.05) is 6.07 Å². The Balaban J connectivity index is 2.33. The molecule has 2 aromatic rings. The van der Waals surface area contributed by atoms with Gasteiger partial charge in [0.1, 0.15) is 0 Å². The molecule has 0 saturated carbocycles. The minimum atomic E-state index is -0.430. The number of nitro benzene ring substituents is 1. The van der Waals surface area contributed by atoms with E-state index in [4.69, 9.17) is 11.6 Å². The topological polar surface area (TPSA) is 86.7 Å². The van der Waals surface area contributed by atoms with Crippen LogP contribution in [0.3, 0.4) is 0 Å². The van der Waals surface area contributed by atoms with E-state index in [0.717, 1.165) is 0 Å². The summed E-state index contributed by atoms with van der Waals surface area (Å²) in [6.45, 7) is 0.228. The molecule has 0 bridgehead atoms. The fourth-order valence-electron chi connectivity index (χ4n) is 1.43. The van der Waals surface area contributed by atoms with Crippen LogP contribution >= 0.6 is 11.6 Å². The number of tetrazole rings is 1. The third-order valence-electron chi connectivity index (χ3n) is 2.23. The predicted octanol–water partition coefficient (Wildman–Crippen LogP) is 1.37. The molecule has 0 atom stereocenters. The molecule has 7 nitrogen and oxygen atoms in total. The summed E-state index contributed by atoms with van der Waals surface area (Å²) in [5.74, 6) is 0.637. The van der Waals surface area contributed by atoms with Gasteiger partial charge in [0.15, 0.2) is 5.82 Å². The summed E-state index contributed by atoms with van der Waals surface area (Å²) < 4.78 is 1.44. The molecule has 0 fully saturated rings. The summed E-state index contributed by atoms with van der Waals surface area (Å²) >= 11 is 5.64. The van der Waals surface area contributed by atoms with Gasteiger partial charge < -0.3 is 0 Å². The molecule has 2 rings (SSSR count). The summed E-state index contributed by atoms with van der Waals surface area (Å²) in [5.41, 5.74) is 0.583. The van der Waals surface area contributed by atoms with E-state index in [1.807, 2.05) is 0 Å². The molecule has 0 saturated heterocycles. The molecule has 17 heavy (non-hydrogen) atoms. The molecule has 0 aliphatic rings. The van der Waals surface area contributed by atoms with E-state index in [0.29, 0.717) is 11.4 Å². The summed E-state index contributed by atoms with van der Waals surface area (Å²) in [6, 6.07) is 6.45. The number of nitrogens with zero attached hydrogens (tertiary/aromatic N) is 5. The number of hydrogen-bond donors (Lipinski definition) is 0. The second-order valence-corrected chi connectivity index (χ2v) is 3.54. The lowest BCUT2D eigenvalue weighted by Gasteiger charge is -2.03. The van der Waals surface area contributed by atoms with Crippen molar-refractivity contribution in [3.05, 3.63) is 45.8 Å². The van der Waals surface area contributed by atoms with Crippen LogP contribution in [0.2, 0.25) is 0 Å². The van der Waals surface area contributed by atoms with Crippen molar-refractivity contribution < 1.29 is 4.92 Å². The highest BCUT2D eigenvalue weighted by atomic mass is 35.5. The normalized spacial score (nSPS) is 10.4. The van der Waals surface area contributed by atoms with Crippen molar-refractivity contribution in [2.75, 3.05) is 0 Å². The number of aromatic nitrogens is 4. The van der Waals surface area contributed by atoms with Crippen LogP contribution in [0.1, 0.15) is 11.4 Å². The van der Waals surface area contributed by atoms with Gasteiger partial charge in [-0.05, 0) is 10.4 Å². The fraction of sp³-hybridized carbons (Fsp3) is 0.222. The Hall–Kier alpha value is -2.02. The minimum Gasteiger partial charge on any atom is -0.258 e. The highest BCUT2D eigenvalue weighted by molar-refractivity contribution is 6.16. The first-order chi connectivity index (χ1) is 8.22. The summed E-state index contributed by atoms with van der Waals surface area (Å²) in [4.78, 5) is 10.4. The van der Waals surface area contributed by atoms with Gasteiger partial charge >= 0.3 is 0 Å². The van der Waals surface area contributed by atoms with Gasteiger partial charge in [-0.3, -0.25) is 10.1 Å². The molecule has 88 valence electrons. The molecule has 1 heterocycles. The third kappa shape index (κ3) is 2.39. The lowest BCUT2D eigenvalue weighted by atomic mass is 10.2. The summed E-state index contributed by atoms with van der Waals surface area (Å²) in [5, 5.41) is 21.7. The molecule has 1 aromatic carbocycles. The van der Waals surface area contributed by atoms with E-state index in [-0.39, 0.29) is 18.1 Å². The lowest BCUT2D eigenvalue weighted by molar-refractivity contribution is -0.385. The zero-order chi connectivity index (χ0) is 12.3. The second kappa shape index (κ2) is 4.88. The van der Waals surface area contributed by atoms with Gasteiger partial charge in [-0.2, -0.15) is 0 Å². The zero-order valence-electron chi connectivity index (χ0n) is 8.65. The van der Waals surface area contributed by atoms with Crippen molar-refractivity contribution in [1.29, 1.82) is 0 Å². The number of nitro groups is 1. The number of halogens is 1. The largest absolute Gasteiger partial charge is 0.274 e. The van der Waals surface area contributed by atoms with Crippen LogP contribution < -0.4 is 0 Å². The Labute approximate surface area is 101 Å². The van der Waals surface area contributed by atoms with Gasteiger partial charge in [-0.25, -0.2) is 4.68 Å². The third-order valence-corrected chi connectivity index (χ3v) is 2.47. The first kappa shape index (κ1) is 11.5. The quantitative estimate of drug-likeness (QED) is 0.467. The van der Waals surface area contributed by atoms with Crippen molar-refractivity contribution in [2.45, 2.75) is 12.4 Å². The Morgan fingerprint density at radius 2 is 2.18 bits per heavy atom. The molecule has 8 heteroatoms. The molecule has 0 radical (unpaired) electrons. The van der Waals surface area contributed by atoms with Crippen molar-refractivity contribution in [2.24, 2.45) is 0 Å². The summed E-state index contributed by atoms with van der Waals surface area (Å²) in [6.07, 6.45) is 0. The Kier molecular flexibility index (Phi) is 3.29. The van der Waals surface area contributed by atoms with Crippen LogP contribution in [0.5, 0.6) is 0 Å². The van der Waals surface area contributed by atoms with Crippen LogP contribution in [0.4, 0.5) is 5.69 Å². The molecule has 0 aliphatic carbocycles. The van der Waals surface area contributed by atoms with E-state index in [1.165, 1.54) is 10.7 Å². The average Bonchev–Trinajstić information content (AvgIpc) is 2.77. The van der Waals surface area contributed by atoms with Crippen LogP contribution in [0, 0.1) is 10.1 Å². The van der Waals surface area contributed by atoms with Gasteiger partial charge in [-0.15, -0.1) is 16.7 Å². The van der Waals surface area contributed by atoms with E-state index < -0.39 is 4.92 Å². The first-order valence-electron chi connectivity index (χ1n) is 4.75. The lowest BCUT2D eigenvalue weighted by Crippen LogP contribution is -2.07. The highest BCUT2D eigenvalue weighted by Gasteiger charge is 2.14. The van der Waals surface area contributed by atoms with Gasteiger partial charge in [-0.1, -0.05) is 18.2 Å².